The number of aromatic nitrogens is 1. The third kappa shape index (κ3) is 2.73. The van der Waals surface area contributed by atoms with E-state index in [2.05, 4.69) is 31.5 Å². The third-order valence-electron chi connectivity index (χ3n) is 2.52. The van der Waals surface area contributed by atoms with Gasteiger partial charge in [0.05, 0.1) is 0 Å². The second-order valence-electron chi connectivity index (χ2n) is 3.81. The van der Waals surface area contributed by atoms with E-state index in [-0.39, 0.29) is 18.0 Å². The van der Waals surface area contributed by atoms with Crippen LogP contribution in [0.3, 0.4) is 0 Å². The zero-order valence-corrected chi connectivity index (χ0v) is 10.9. The Morgan fingerprint density at radius 1 is 1.50 bits per heavy atom. The number of pyridine rings is 1. The van der Waals surface area contributed by atoms with Crippen molar-refractivity contribution in [1.29, 1.82) is 0 Å². The van der Waals surface area contributed by atoms with Gasteiger partial charge in [-0.2, -0.15) is 0 Å². The Kier molecular flexibility index (Phi) is 3.71. The molecule has 2 N–H and O–H groups in total. The number of hydrogen-bond acceptors (Lipinski definition) is 4. The summed E-state index contributed by atoms with van der Waals surface area (Å²) in [6, 6.07) is 2.68. The zero-order valence-electron chi connectivity index (χ0n) is 9.27. The molecule has 0 bridgehead atoms. The monoisotopic (exact) mass is 311 g/mol. The first kappa shape index (κ1) is 12.7. The fraction of sp³-hybridized carbons (Fsp3) is 0.273. The van der Waals surface area contributed by atoms with Crippen molar-refractivity contribution in [1.82, 2.24) is 15.6 Å². The highest BCUT2D eigenvalue weighted by Gasteiger charge is 2.28. The van der Waals surface area contributed by atoms with Crippen LogP contribution < -0.4 is 10.6 Å². The number of amides is 3. The number of piperidine rings is 1. The summed E-state index contributed by atoms with van der Waals surface area (Å²) < 4.78 is 0.551. The number of carbonyl (C=O) groups is 3. The van der Waals surface area contributed by atoms with Crippen LogP contribution in [-0.4, -0.2) is 28.7 Å². The van der Waals surface area contributed by atoms with Crippen LogP contribution in [0, 0.1) is 0 Å². The Bertz CT molecular complexity index is 518. The molecule has 1 aromatic rings. The molecule has 1 aliphatic heterocycles. The molecule has 18 heavy (non-hydrogen) atoms. The summed E-state index contributed by atoms with van der Waals surface area (Å²) in [5.41, 5.74) is 0.210. The number of hydrogen-bond donors (Lipinski definition) is 2. The Balaban J connectivity index is 2.06. The maximum Gasteiger partial charge on any atom is 0.271 e. The van der Waals surface area contributed by atoms with E-state index >= 15 is 0 Å². The summed E-state index contributed by atoms with van der Waals surface area (Å²) in [4.78, 5) is 38.3. The summed E-state index contributed by atoms with van der Waals surface area (Å²) in [6.07, 6.45) is 2.02. The summed E-state index contributed by atoms with van der Waals surface area (Å²) in [5, 5.41) is 4.73. The first-order valence-electron chi connectivity index (χ1n) is 5.33. The smallest absolute Gasteiger partial charge is 0.271 e. The van der Waals surface area contributed by atoms with Gasteiger partial charge < -0.3 is 5.32 Å². The van der Waals surface area contributed by atoms with E-state index < -0.39 is 17.9 Å². The Morgan fingerprint density at radius 3 is 2.94 bits per heavy atom. The molecule has 1 aromatic heterocycles. The van der Waals surface area contributed by atoms with Crippen LogP contribution in [0.15, 0.2) is 22.8 Å². The molecule has 2 heterocycles. The van der Waals surface area contributed by atoms with Crippen molar-refractivity contribution in [3.8, 4) is 0 Å². The van der Waals surface area contributed by atoms with E-state index in [9.17, 15) is 14.4 Å². The fourth-order valence-electron chi connectivity index (χ4n) is 1.61. The van der Waals surface area contributed by atoms with Gasteiger partial charge in [-0.05, 0) is 34.5 Å². The Labute approximate surface area is 111 Å². The zero-order chi connectivity index (χ0) is 13.1. The molecule has 3 amide bonds. The Morgan fingerprint density at radius 2 is 2.28 bits per heavy atom. The lowest BCUT2D eigenvalue weighted by atomic mass is 10.1. The highest BCUT2D eigenvalue weighted by Crippen LogP contribution is 2.14. The number of rotatable bonds is 2. The molecule has 1 unspecified atom stereocenters. The average Bonchev–Trinajstić information content (AvgIpc) is 2.33. The van der Waals surface area contributed by atoms with E-state index in [0.717, 1.165) is 0 Å². The molecule has 1 aliphatic rings. The maximum atomic E-state index is 11.9. The summed E-state index contributed by atoms with van der Waals surface area (Å²) in [6.45, 7) is 0. The largest absolute Gasteiger partial charge is 0.339 e. The van der Waals surface area contributed by atoms with Crippen molar-refractivity contribution in [2.45, 2.75) is 18.9 Å². The molecular formula is C11H10BrN3O3. The minimum Gasteiger partial charge on any atom is -0.339 e. The number of halogens is 1. The van der Waals surface area contributed by atoms with Gasteiger partial charge in [-0.3, -0.25) is 19.7 Å². The van der Waals surface area contributed by atoms with Gasteiger partial charge in [0.2, 0.25) is 11.8 Å². The lowest BCUT2D eigenvalue weighted by Crippen LogP contribution is -2.52. The molecule has 0 aliphatic carbocycles. The van der Waals surface area contributed by atoms with Crippen LogP contribution in [0.1, 0.15) is 23.3 Å². The van der Waals surface area contributed by atoms with Crippen LogP contribution in [0.5, 0.6) is 0 Å². The predicted octanol–water partition coefficient (Wildman–Crippen LogP) is 0.379. The van der Waals surface area contributed by atoms with E-state index in [1.165, 1.54) is 6.20 Å². The standard InChI is InChI=1S/C11H10BrN3O3/c12-6-2-1-5-13-9(6)11(18)14-7-3-4-8(16)15-10(7)17/h1-2,5,7H,3-4H2,(H,14,18)(H,15,16,17). The SMILES string of the molecule is O=C1CCC(NC(=O)c2ncccc2Br)C(=O)N1. The first-order valence-corrected chi connectivity index (χ1v) is 6.12. The normalized spacial score (nSPS) is 19.3. The van der Waals surface area contributed by atoms with Crippen molar-refractivity contribution >= 4 is 33.7 Å². The van der Waals surface area contributed by atoms with Crippen LogP contribution in [-0.2, 0) is 9.59 Å². The maximum absolute atomic E-state index is 11.9. The number of carbonyl (C=O) groups excluding carboxylic acids is 3. The van der Waals surface area contributed by atoms with Gasteiger partial charge in [-0.1, -0.05) is 0 Å². The molecule has 94 valence electrons. The van der Waals surface area contributed by atoms with Gasteiger partial charge in [-0.25, -0.2) is 4.98 Å². The minimum absolute atomic E-state index is 0.210. The topological polar surface area (TPSA) is 88.2 Å². The van der Waals surface area contributed by atoms with Gasteiger partial charge in [0.15, 0.2) is 0 Å². The second-order valence-corrected chi connectivity index (χ2v) is 4.67. The fourth-order valence-corrected chi connectivity index (χ4v) is 2.05. The Hall–Kier alpha value is -1.76. The van der Waals surface area contributed by atoms with Crippen LogP contribution in [0.25, 0.3) is 0 Å². The van der Waals surface area contributed by atoms with Gasteiger partial charge in [0, 0.05) is 17.1 Å². The van der Waals surface area contributed by atoms with Gasteiger partial charge in [-0.15, -0.1) is 0 Å². The van der Waals surface area contributed by atoms with E-state index in [4.69, 9.17) is 0 Å². The molecule has 1 fully saturated rings. The number of nitrogens with one attached hydrogen (secondary N) is 2. The lowest BCUT2D eigenvalue weighted by molar-refractivity contribution is -0.134. The molecule has 1 atom stereocenters. The molecule has 2 rings (SSSR count). The minimum atomic E-state index is -0.691. The summed E-state index contributed by atoms with van der Waals surface area (Å²) >= 11 is 3.21. The van der Waals surface area contributed by atoms with Crippen LogP contribution >= 0.6 is 15.9 Å². The molecule has 7 heteroatoms. The molecule has 0 aromatic carbocycles. The quantitative estimate of drug-likeness (QED) is 0.773. The highest BCUT2D eigenvalue weighted by molar-refractivity contribution is 9.10. The lowest BCUT2D eigenvalue weighted by Gasteiger charge is -2.21. The van der Waals surface area contributed by atoms with Crippen LogP contribution in [0.4, 0.5) is 0 Å². The number of imide groups is 1. The molecule has 0 radical (unpaired) electrons. The second kappa shape index (κ2) is 5.26. The average molecular weight is 312 g/mol. The first-order chi connectivity index (χ1) is 8.58. The molecule has 0 saturated carbocycles. The van der Waals surface area contributed by atoms with Gasteiger partial charge in [0.1, 0.15) is 11.7 Å². The predicted molar refractivity (Wildman–Crippen MR) is 65.6 cm³/mol. The van der Waals surface area contributed by atoms with Crippen molar-refractivity contribution < 1.29 is 14.4 Å². The van der Waals surface area contributed by atoms with Crippen molar-refractivity contribution in [3.63, 3.8) is 0 Å². The summed E-state index contributed by atoms with van der Waals surface area (Å²) in [5.74, 6) is -1.24. The van der Waals surface area contributed by atoms with E-state index in [1.54, 1.807) is 12.1 Å². The van der Waals surface area contributed by atoms with Gasteiger partial charge >= 0.3 is 0 Å². The van der Waals surface area contributed by atoms with Crippen molar-refractivity contribution in [2.24, 2.45) is 0 Å². The molecular weight excluding hydrogens is 302 g/mol. The molecule has 6 nitrogen and oxygen atoms in total. The highest BCUT2D eigenvalue weighted by atomic mass is 79.9. The van der Waals surface area contributed by atoms with E-state index in [0.29, 0.717) is 10.9 Å². The number of nitrogens with zero attached hydrogens (tertiary/aromatic N) is 1. The van der Waals surface area contributed by atoms with Crippen molar-refractivity contribution in [2.75, 3.05) is 0 Å². The summed E-state index contributed by atoms with van der Waals surface area (Å²) in [7, 11) is 0. The van der Waals surface area contributed by atoms with E-state index in [1.807, 2.05) is 0 Å². The van der Waals surface area contributed by atoms with Crippen LogP contribution in [0.2, 0.25) is 0 Å². The van der Waals surface area contributed by atoms with Crippen molar-refractivity contribution in [3.05, 3.63) is 28.5 Å². The molecule has 0 spiro atoms. The molecule has 1 saturated heterocycles. The van der Waals surface area contributed by atoms with Gasteiger partial charge in [0.25, 0.3) is 5.91 Å². The third-order valence-corrected chi connectivity index (χ3v) is 3.16.